The zero-order valence-corrected chi connectivity index (χ0v) is 14.4. The Kier molecular flexibility index (Phi) is 5.49. The van der Waals surface area contributed by atoms with Gasteiger partial charge in [-0.2, -0.15) is 5.10 Å². The molecule has 0 aliphatic heterocycles. The number of rotatable bonds is 6. The number of anilines is 1. The number of carbonyl (C=O) groups is 1. The van der Waals surface area contributed by atoms with Crippen molar-refractivity contribution in [2.45, 2.75) is 6.92 Å². The molecule has 0 radical (unpaired) electrons. The van der Waals surface area contributed by atoms with Crippen LogP contribution in [0.3, 0.4) is 0 Å². The third kappa shape index (κ3) is 4.01. The van der Waals surface area contributed by atoms with E-state index in [-0.39, 0.29) is 16.6 Å². The molecular formula is C14H15N5O5S. The standard InChI is InChI=1S/C14H15N5O5S/c1-7-12(25-14(15)17-7)13(20)18-16-6-8-4-9(19(21)22)11(24-3)5-10(8)23-2/h4-6H,1-3H3,(H2,15,17)(H,18,20)/b16-6-. The molecule has 0 unspecified atom stereocenters. The zero-order chi connectivity index (χ0) is 18.6. The van der Waals surface area contributed by atoms with Crippen LogP contribution in [0.2, 0.25) is 0 Å². The van der Waals surface area contributed by atoms with E-state index in [9.17, 15) is 14.9 Å². The molecule has 132 valence electrons. The highest BCUT2D eigenvalue weighted by Crippen LogP contribution is 2.33. The summed E-state index contributed by atoms with van der Waals surface area (Å²) in [5, 5.41) is 15.2. The van der Waals surface area contributed by atoms with Crippen LogP contribution in [0.5, 0.6) is 11.5 Å². The van der Waals surface area contributed by atoms with E-state index in [0.29, 0.717) is 21.9 Å². The molecule has 2 aromatic rings. The van der Waals surface area contributed by atoms with Crippen LogP contribution >= 0.6 is 11.3 Å². The summed E-state index contributed by atoms with van der Waals surface area (Å²) in [7, 11) is 2.72. The number of aromatic nitrogens is 1. The first-order valence-electron chi connectivity index (χ1n) is 6.84. The van der Waals surface area contributed by atoms with Crippen molar-refractivity contribution in [1.82, 2.24) is 10.4 Å². The Hall–Kier alpha value is -3.21. The van der Waals surface area contributed by atoms with Crippen molar-refractivity contribution in [1.29, 1.82) is 0 Å². The smallest absolute Gasteiger partial charge is 0.311 e. The lowest BCUT2D eigenvalue weighted by Crippen LogP contribution is -2.17. The molecule has 0 atom stereocenters. The number of nitrogen functional groups attached to an aromatic ring is 1. The molecule has 1 amide bonds. The normalized spacial score (nSPS) is 10.7. The van der Waals surface area contributed by atoms with Gasteiger partial charge in [-0.25, -0.2) is 10.4 Å². The van der Waals surface area contributed by atoms with Gasteiger partial charge in [0, 0.05) is 17.7 Å². The second kappa shape index (κ2) is 7.57. The van der Waals surface area contributed by atoms with Crippen molar-refractivity contribution in [3.63, 3.8) is 0 Å². The predicted octanol–water partition coefficient (Wildman–Crippen LogP) is 1.72. The Morgan fingerprint density at radius 1 is 1.40 bits per heavy atom. The van der Waals surface area contributed by atoms with Gasteiger partial charge in [-0.3, -0.25) is 14.9 Å². The molecule has 0 saturated heterocycles. The van der Waals surface area contributed by atoms with Crippen LogP contribution in [0.15, 0.2) is 17.2 Å². The number of ether oxygens (including phenoxy) is 2. The maximum atomic E-state index is 12.0. The van der Waals surface area contributed by atoms with Gasteiger partial charge in [0.25, 0.3) is 5.91 Å². The third-order valence-corrected chi connectivity index (χ3v) is 4.10. The maximum absolute atomic E-state index is 12.0. The fourth-order valence-electron chi connectivity index (χ4n) is 1.99. The molecule has 1 aromatic heterocycles. The fraction of sp³-hybridized carbons (Fsp3) is 0.214. The zero-order valence-electron chi connectivity index (χ0n) is 13.6. The first-order chi connectivity index (χ1) is 11.9. The summed E-state index contributed by atoms with van der Waals surface area (Å²) in [6.07, 6.45) is 1.24. The number of nitrogens with zero attached hydrogens (tertiary/aromatic N) is 3. The summed E-state index contributed by atoms with van der Waals surface area (Å²) in [6, 6.07) is 2.61. The van der Waals surface area contributed by atoms with Crippen LogP contribution in [0, 0.1) is 17.0 Å². The number of thiazole rings is 1. The minimum Gasteiger partial charge on any atom is -0.496 e. The van der Waals surface area contributed by atoms with E-state index in [1.165, 1.54) is 32.6 Å². The van der Waals surface area contributed by atoms with Crippen molar-refractivity contribution in [3.05, 3.63) is 38.4 Å². The lowest BCUT2D eigenvalue weighted by Gasteiger charge is -2.08. The van der Waals surface area contributed by atoms with E-state index in [2.05, 4.69) is 15.5 Å². The number of hydrazone groups is 1. The largest absolute Gasteiger partial charge is 0.496 e. The molecule has 1 heterocycles. The molecule has 25 heavy (non-hydrogen) atoms. The van der Waals surface area contributed by atoms with Crippen molar-refractivity contribution in [3.8, 4) is 11.5 Å². The van der Waals surface area contributed by atoms with E-state index in [1.807, 2.05) is 0 Å². The third-order valence-electron chi connectivity index (χ3n) is 3.12. The average Bonchev–Trinajstić information content (AvgIpc) is 2.92. The topological polar surface area (TPSA) is 142 Å². The number of nitro benzene ring substituents is 1. The minimum absolute atomic E-state index is 0.0544. The number of nitrogens with two attached hydrogens (primary N) is 1. The number of hydrogen-bond donors (Lipinski definition) is 2. The van der Waals surface area contributed by atoms with Crippen LogP contribution in [-0.2, 0) is 0 Å². The van der Waals surface area contributed by atoms with Gasteiger partial charge in [-0.1, -0.05) is 11.3 Å². The molecule has 0 aliphatic rings. The molecule has 0 saturated carbocycles. The van der Waals surface area contributed by atoms with Crippen molar-refractivity contribution < 1.29 is 19.2 Å². The summed E-state index contributed by atoms with van der Waals surface area (Å²) in [6.45, 7) is 1.65. The van der Waals surface area contributed by atoms with Gasteiger partial charge in [-0.05, 0) is 6.92 Å². The van der Waals surface area contributed by atoms with E-state index in [0.717, 1.165) is 11.3 Å². The van der Waals surface area contributed by atoms with Crippen LogP contribution in [0.4, 0.5) is 10.8 Å². The summed E-state index contributed by atoms with van der Waals surface area (Å²) in [4.78, 5) is 26.8. The van der Waals surface area contributed by atoms with Gasteiger partial charge >= 0.3 is 5.69 Å². The Balaban J connectivity index is 2.25. The Morgan fingerprint density at radius 3 is 2.60 bits per heavy atom. The number of methoxy groups -OCH3 is 2. The van der Waals surface area contributed by atoms with E-state index in [1.54, 1.807) is 6.92 Å². The number of aryl methyl sites for hydroxylation is 1. The van der Waals surface area contributed by atoms with Gasteiger partial charge in [-0.15, -0.1) is 0 Å². The molecule has 0 fully saturated rings. The van der Waals surface area contributed by atoms with Gasteiger partial charge in [0.2, 0.25) is 5.75 Å². The molecule has 1 aromatic carbocycles. The van der Waals surface area contributed by atoms with E-state index >= 15 is 0 Å². The summed E-state index contributed by atoms with van der Waals surface area (Å²) in [5.41, 5.74) is 8.41. The van der Waals surface area contributed by atoms with Crippen molar-refractivity contribution in [2.75, 3.05) is 20.0 Å². The molecule has 0 bridgehead atoms. The van der Waals surface area contributed by atoms with Crippen LogP contribution in [-0.4, -0.2) is 36.2 Å². The van der Waals surface area contributed by atoms with Gasteiger partial charge in [0.05, 0.1) is 31.1 Å². The first kappa shape index (κ1) is 18.1. The molecular weight excluding hydrogens is 350 g/mol. The number of benzene rings is 1. The molecule has 3 N–H and O–H groups in total. The highest BCUT2D eigenvalue weighted by molar-refractivity contribution is 7.17. The maximum Gasteiger partial charge on any atom is 0.311 e. The van der Waals surface area contributed by atoms with E-state index in [4.69, 9.17) is 15.2 Å². The van der Waals surface area contributed by atoms with Gasteiger partial charge < -0.3 is 15.2 Å². The molecule has 0 aliphatic carbocycles. The van der Waals surface area contributed by atoms with Crippen molar-refractivity contribution >= 4 is 34.3 Å². The second-order valence-electron chi connectivity index (χ2n) is 4.69. The highest BCUT2D eigenvalue weighted by Gasteiger charge is 2.19. The summed E-state index contributed by atoms with van der Waals surface area (Å²) < 4.78 is 10.1. The lowest BCUT2D eigenvalue weighted by atomic mass is 10.1. The van der Waals surface area contributed by atoms with Crippen LogP contribution in [0.25, 0.3) is 0 Å². The monoisotopic (exact) mass is 365 g/mol. The lowest BCUT2D eigenvalue weighted by molar-refractivity contribution is -0.385. The Labute approximate surface area is 146 Å². The number of carbonyl (C=O) groups excluding carboxylic acids is 1. The highest BCUT2D eigenvalue weighted by atomic mass is 32.1. The van der Waals surface area contributed by atoms with Crippen molar-refractivity contribution in [2.24, 2.45) is 5.10 Å². The number of hydrogen-bond acceptors (Lipinski definition) is 9. The number of nitro groups is 1. The SMILES string of the molecule is COc1cc(OC)c([N+](=O)[O-])cc1/C=N\NC(=O)c1sc(N)nc1C. The van der Waals surface area contributed by atoms with E-state index < -0.39 is 10.8 Å². The minimum atomic E-state index is -0.586. The molecule has 2 rings (SSSR count). The molecule has 0 spiro atoms. The molecule has 10 nitrogen and oxygen atoms in total. The number of nitrogens with one attached hydrogen (secondary N) is 1. The summed E-state index contributed by atoms with van der Waals surface area (Å²) in [5.74, 6) is -0.123. The predicted molar refractivity (Wildman–Crippen MR) is 92.5 cm³/mol. The van der Waals surface area contributed by atoms with Crippen LogP contribution < -0.4 is 20.6 Å². The summed E-state index contributed by atoms with van der Waals surface area (Å²) >= 11 is 1.04. The fourth-order valence-corrected chi connectivity index (χ4v) is 2.71. The second-order valence-corrected chi connectivity index (χ2v) is 5.72. The van der Waals surface area contributed by atoms with Gasteiger partial charge in [0.15, 0.2) is 5.13 Å². The van der Waals surface area contributed by atoms with Gasteiger partial charge in [0.1, 0.15) is 10.6 Å². The number of amides is 1. The Morgan fingerprint density at radius 2 is 2.08 bits per heavy atom. The molecule has 11 heteroatoms. The quantitative estimate of drug-likeness (QED) is 0.451. The Bertz CT molecular complexity index is 848. The first-order valence-corrected chi connectivity index (χ1v) is 7.65. The van der Waals surface area contributed by atoms with Crippen LogP contribution in [0.1, 0.15) is 20.9 Å². The average molecular weight is 365 g/mol.